The van der Waals surface area contributed by atoms with Gasteiger partial charge in [0.15, 0.2) is 0 Å². The third-order valence-corrected chi connectivity index (χ3v) is 23.5. The van der Waals surface area contributed by atoms with Gasteiger partial charge < -0.3 is 108 Å². The maximum atomic E-state index is 10.5. The Balaban J connectivity index is -0.000000177. The van der Waals surface area contributed by atoms with E-state index in [1.165, 1.54) is 0 Å². The average Bonchev–Trinajstić information content (AvgIpc) is 3.03. The summed E-state index contributed by atoms with van der Waals surface area (Å²) in [6.45, 7) is 101. The van der Waals surface area contributed by atoms with Crippen molar-refractivity contribution < 1.29 is 171 Å². The third kappa shape index (κ3) is 91.6. The van der Waals surface area contributed by atoms with Gasteiger partial charge >= 0.3 is 54.3 Å². The van der Waals surface area contributed by atoms with E-state index < -0.39 is 155 Å². The quantitative estimate of drug-likeness (QED) is 0.0695. The number of hydrogen-bond donors (Lipinski definition) is 6. The van der Waals surface area contributed by atoms with Crippen LogP contribution in [0.4, 0.5) is 0 Å². The molecule has 0 aliphatic carbocycles. The summed E-state index contributed by atoms with van der Waals surface area (Å²) in [6.07, 6.45) is 0. The van der Waals surface area contributed by atoms with Gasteiger partial charge in [-0.2, -0.15) is 0 Å². The summed E-state index contributed by atoms with van der Waals surface area (Å²) in [5, 5.41) is 0. The summed E-state index contributed by atoms with van der Waals surface area (Å²) in [6, 6.07) is 0. The van der Waals surface area contributed by atoms with Crippen molar-refractivity contribution in [3.05, 3.63) is 0 Å². The van der Waals surface area contributed by atoms with Crippen LogP contribution < -0.4 is 0 Å². The molecule has 0 atom stereocenters. The monoisotopic (exact) mass is 2060 g/mol. The fourth-order valence-electron chi connectivity index (χ4n) is 7.34. The van der Waals surface area contributed by atoms with E-state index in [1.54, 1.807) is 0 Å². The Bertz CT molecular complexity index is 1660. The van der Waals surface area contributed by atoms with Gasteiger partial charge in [0, 0.05) is 62.2 Å². The molecule has 0 saturated carbocycles. The van der Waals surface area contributed by atoms with Gasteiger partial charge in [0.1, 0.15) is 0 Å². The van der Waals surface area contributed by atoms with Crippen molar-refractivity contribution in [3.8, 4) is 0 Å². The molecule has 0 spiro atoms. The number of rotatable bonds is 18. The summed E-state index contributed by atoms with van der Waals surface area (Å²) in [7, 11) is -21.9. The summed E-state index contributed by atoms with van der Waals surface area (Å²) < 4.78 is 101. The Morgan fingerprint density at radius 2 is 0.135 bits per heavy atom. The number of hydrogen-bond acceptors (Lipinski definition) is 24. The predicted octanol–water partition coefficient (Wildman–Crippen LogP) is 17.2. The molecule has 0 rings (SSSR count). The zero-order valence-corrected chi connectivity index (χ0v) is 91.4. The molecule has 0 aromatic heterocycles. The van der Waals surface area contributed by atoms with E-state index >= 15 is 0 Å². The molecular weight excluding hydrogens is 1890 g/mol. The predicted molar refractivity (Wildman–Crippen MR) is 423 cm³/mol. The van der Waals surface area contributed by atoms with E-state index in [0.29, 0.717) is 0 Å². The van der Waals surface area contributed by atoms with Crippen LogP contribution >= 0.6 is 0 Å². The minimum Gasteiger partial charge on any atom is -0.367 e. The third-order valence-electron chi connectivity index (χ3n) is 7.83. The van der Waals surface area contributed by atoms with Gasteiger partial charge in [0.25, 0.3) is 0 Å². The molecule has 0 radical (unpaired) electrons. The molecule has 0 unspecified atom stereocenters. The SMILES string of the molecule is CC(C)(C)O[Si](O)(OC(C)(C)C)OC(C)(C)C.CC(C)(C)O[Si](O)(OC(C)(C)C)OC(C)(C)C.CC(C)(C)O[Si](O)(OC(C)(C)C)OC(C)(C)C.CC(C)(C)O[Si](O)(OC(C)(C)C)OC(C)(C)C.CC(C)(C)O[Si](O)(OC(C)(C)C)OC(C)(C)C.CC(C)(C)O[Si](O)(OC(C)(C)C)OC(C)(C)C.[U].[U]. The second-order valence-corrected chi connectivity index (χ2v) is 53.0. The van der Waals surface area contributed by atoms with Crippen LogP contribution in [0.3, 0.4) is 0 Å². The minimum absolute atomic E-state index is 0. The largest absolute Gasteiger partial charge is 0.678 e. The van der Waals surface area contributed by atoms with Crippen molar-refractivity contribution in [1.29, 1.82) is 0 Å². The maximum Gasteiger partial charge on any atom is 0.678 e. The standard InChI is InChI=1S/6C12H28O4Si.2U/c6*1-10(2,3)14-17(13,15-11(4,5)6)16-12(7,8)9;;/h6*13H,1-9H3;;. The first-order chi connectivity index (χ1) is 42.7. The molecule has 0 saturated heterocycles. The molecule has 0 aliphatic rings. The van der Waals surface area contributed by atoms with E-state index in [9.17, 15) is 28.8 Å². The molecule has 632 valence electrons. The summed E-state index contributed by atoms with van der Waals surface area (Å²) >= 11 is 0. The van der Waals surface area contributed by atoms with Gasteiger partial charge in [-0.15, -0.1) is 0 Å². The van der Waals surface area contributed by atoms with Gasteiger partial charge in [0.2, 0.25) is 0 Å². The molecule has 0 heterocycles. The summed E-state index contributed by atoms with van der Waals surface area (Å²) in [5.41, 5.74) is -9.30. The van der Waals surface area contributed by atoms with Gasteiger partial charge in [-0.05, 0) is 374 Å². The van der Waals surface area contributed by atoms with E-state index in [-0.39, 0.29) is 62.2 Å². The van der Waals surface area contributed by atoms with Crippen molar-refractivity contribution >= 4 is 54.3 Å². The van der Waals surface area contributed by atoms with Gasteiger partial charge in [-0.1, -0.05) is 0 Å². The normalized spacial score (nSPS) is 14.9. The van der Waals surface area contributed by atoms with Gasteiger partial charge in [-0.3, -0.25) is 0 Å². The molecule has 0 aliphatic heterocycles. The molecule has 32 heteroatoms. The minimum atomic E-state index is -3.66. The Labute approximate surface area is 693 Å². The summed E-state index contributed by atoms with van der Waals surface area (Å²) in [5.74, 6) is 0. The fourth-order valence-corrected chi connectivity index (χ4v) is 22.0. The topological polar surface area (TPSA) is 288 Å². The van der Waals surface area contributed by atoms with Crippen LogP contribution in [0.2, 0.25) is 0 Å². The van der Waals surface area contributed by atoms with E-state index in [4.69, 9.17) is 79.7 Å². The zero-order chi connectivity index (χ0) is 84.7. The molecule has 104 heavy (non-hydrogen) atoms. The van der Waals surface area contributed by atoms with Crippen LogP contribution in [-0.2, 0) is 79.7 Å². The van der Waals surface area contributed by atoms with Crippen LogP contribution in [0.5, 0.6) is 0 Å². The fraction of sp³-hybridized carbons (Fsp3) is 1.00. The molecule has 24 nitrogen and oxygen atoms in total. The van der Waals surface area contributed by atoms with Gasteiger partial charge in [-0.25, -0.2) is 0 Å². The van der Waals surface area contributed by atoms with Crippen molar-refractivity contribution in [3.63, 3.8) is 0 Å². The van der Waals surface area contributed by atoms with Crippen LogP contribution in [0.1, 0.15) is 374 Å². The Morgan fingerprint density at radius 3 is 0.154 bits per heavy atom. The van der Waals surface area contributed by atoms with Crippen LogP contribution in [-0.4, -0.2) is 184 Å². The average molecular weight is 2060 g/mol. The van der Waals surface area contributed by atoms with E-state index in [1.807, 2.05) is 374 Å². The molecule has 0 amide bonds. The first-order valence-electron chi connectivity index (χ1n) is 35.7. The second kappa shape index (κ2) is 42.5. The van der Waals surface area contributed by atoms with Crippen molar-refractivity contribution in [2.24, 2.45) is 0 Å². The molecule has 0 bridgehead atoms. The van der Waals surface area contributed by atoms with Gasteiger partial charge in [0.05, 0.1) is 101 Å². The Morgan fingerprint density at radius 1 is 0.106 bits per heavy atom. The molecule has 0 fully saturated rings. The van der Waals surface area contributed by atoms with Crippen LogP contribution in [0, 0.1) is 62.2 Å². The maximum absolute atomic E-state index is 10.5. The Hall–Kier alpha value is 2.45. The van der Waals surface area contributed by atoms with Crippen LogP contribution in [0.15, 0.2) is 0 Å². The van der Waals surface area contributed by atoms with Crippen molar-refractivity contribution in [1.82, 2.24) is 0 Å². The first kappa shape index (κ1) is 122. The Kier molecular flexibility index (Phi) is 49.9. The van der Waals surface area contributed by atoms with Crippen molar-refractivity contribution in [2.45, 2.75) is 475 Å². The summed E-state index contributed by atoms with van der Waals surface area (Å²) in [4.78, 5) is 62.9. The van der Waals surface area contributed by atoms with Crippen molar-refractivity contribution in [2.75, 3.05) is 0 Å². The molecular formula is C72H168O24Si6U2. The van der Waals surface area contributed by atoms with Crippen LogP contribution in [0.25, 0.3) is 0 Å². The first-order valence-corrected chi connectivity index (χ1v) is 45.7. The zero-order valence-electron chi connectivity index (χ0n) is 77.0. The van der Waals surface area contributed by atoms with E-state index in [0.717, 1.165) is 0 Å². The molecule has 6 N–H and O–H groups in total. The van der Waals surface area contributed by atoms with E-state index in [2.05, 4.69) is 0 Å². The second-order valence-electron chi connectivity index (χ2n) is 43.0. The smallest absolute Gasteiger partial charge is 0.367 e. The molecule has 0 aromatic carbocycles. The molecule has 0 aromatic rings.